The fourth-order valence-electron chi connectivity index (χ4n) is 2.31. The van der Waals surface area contributed by atoms with Crippen LogP contribution in [0.2, 0.25) is 0 Å². The Balaban J connectivity index is 2.20. The number of nitrogens with zero attached hydrogens (tertiary/aromatic N) is 1. The van der Waals surface area contributed by atoms with Crippen LogP contribution in [0.1, 0.15) is 36.0 Å². The molecular weight excluding hydrogens is 285 g/mol. The second-order valence-corrected chi connectivity index (χ2v) is 5.33. The average Bonchev–Trinajstić information content (AvgIpc) is 2.84. The van der Waals surface area contributed by atoms with Gasteiger partial charge in [0.15, 0.2) is 0 Å². The minimum Gasteiger partial charge on any atom is -0.339 e. The van der Waals surface area contributed by atoms with E-state index in [2.05, 4.69) is 15.9 Å². The van der Waals surface area contributed by atoms with Crippen LogP contribution in [0.5, 0.6) is 0 Å². The Bertz CT molecular complexity index is 429. The van der Waals surface area contributed by atoms with Crippen molar-refractivity contribution in [2.24, 2.45) is 0 Å². The highest BCUT2D eigenvalue weighted by Gasteiger charge is 2.25. The van der Waals surface area contributed by atoms with Gasteiger partial charge in [-0.3, -0.25) is 4.79 Å². The Morgan fingerprint density at radius 2 is 2.06 bits per heavy atom. The molecule has 0 heterocycles. The molecule has 1 aromatic carbocycles. The Labute approximate surface area is 109 Å². The molecule has 92 valence electrons. The summed E-state index contributed by atoms with van der Waals surface area (Å²) < 4.78 is 13.8. The fourth-order valence-corrected chi connectivity index (χ4v) is 2.72. The van der Waals surface area contributed by atoms with E-state index in [1.165, 1.54) is 25.0 Å². The molecule has 1 amide bonds. The van der Waals surface area contributed by atoms with Crippen molar-refractivity contribution in [1.29, 1.82) is 0 Å². The lowest BCUT2D eigenvalue weighted by atomic mass is 10.1. The summed E-state index contributed by atoms with van der Waals surface area (Å²) in [4.78, 5) is 14.0. The second kappa shape index (κ2) is 5.17. The van der Waals surface area contributed by atoms with Gasteiger partial charge < -0.3 is 4.90 Å². The first-order valence-electron chi connectivity index (χ1n) is 5.82. The summed E-state index contributed by atoms with van der Waals surface area (Å²) in [5.74, 6) is -0.486. The van der Waals surface area contributed by atoms with Gasteiger partial charge in [0.05, 0.1) is 5.56 Å². The van der Waals surface area contributed by atoms with E-state index in [1.807, 2.05) is 0 Å². The van der Waals surface area contributed by atoms with Crippen molar-refractivity contribution in [2.75, 3.05) is 7.05 Å². The number of rotatable bonds is 2. The van der Waals surface area contributed by atoms with Crippen molar-refractivity contribution in [2.45, 2.75) is 31.7 Å². The van der Waals surface area contributed by atoms with Gasteiger partial charge in [-0.15, -0.1) is 0 Å². The normalized spacial score (nSPS) is 16.2. The Hall–Kier alpha value is -0.900. The van der Waals surface area contributed by atoms with Gasteiger partial charge in [-0.05, 0) is 47.0 Å². The van der Waals surface area contributed by atoms with E-state index in [-0.39, 0.29) is 11.7 Å². The van der Waals surface area contributed by atoms with Crippen LogP contribution in [-0.2, 0) is 0 Å². The summed E-state index contributed by atoms with van der Waals surface area (Å²) in [5, 5.41) is 0. The quantitative estimate of drug-likeness (QED) is 0.817. The summed E-state index contributed by atoms with van der Waals surface area (Å²) >= 11 is 3.29. The van der Waals surface area contributed by atoms with Crippen LogP contribution in [0.4, 0.5) is 4.39 Å². The first-order chi connectivity index (χ1) is 8.09. The van der Waals surface area contributed by atoms with Gasteiger partial charge in [0.1, 0.15) is 5.82 Å². The molecule has 17 heavy (non-hydrogen) atoms. The first kappa shape index (κ1) is 12.6. The number of halogens is 2. The van der Waals surface area contributed by atoms with Gasteiger partial charge in [-0.2, -0.15) is 0 Å². The molecule has 1 aliphatic rings. The second-order valence-electron chi connectivity index (χ2n) is 4.48. The largest absolute Gasteiger partial charge is 0.339 e. The van der Waals surface area contributed by atoms with E-state index < -0.39 is 0 Å². The SMILES string of the molecule is CN(C(=O)c1cc(F)ccc1Br)C1CCCC1. The van der Waals surface area contributed by atoms with Crippen molar-refractivity contribution < 1.29 is 9.18 Å². The molecule has 0 spiro atoms. The third-order valence-electron chi connectivity index (χ3n) is 3.35. The van der Waals surface area contributed by atoms with Crippen LogP contribution in [0.15, 0.2) is 22.7 Å². The van der Waals surface area contributed by atoms with E-state index >= 15 is 0 Å². The Kier molecular flexibility index (Phi) is 3.82. The number of carbonyl (C=O) groups is 1. The third-order valence-corrected chi connectivity index (χ3v) is 4.04. The van der Waals surface area contributed by atoms with Crippen LogP contribution in [0, 0.1) is 5.82 Å². The van der Waals surface area contributed by atoms with Gasteiger partial charge >= 0.3 is 0 Å². The maximum atomic E-state index is 13.2. The maximum absolute atomic E-state index is 13.2. The molecule has 0 aliphatic heterocycles. The lowest BCUT2D eigenvalue weighted by Crippen LogP contribution is -2.35. The molecule has 4 heteroatoms. The van der Waals surface area contributed by atoms with Crippen molar-refractivity contribution in [3.8, 4) is 0 Å². The molecule has 1 saturated carbocycles. The van der Waals surface area contributed by atoms with Crippen molar-refractivity contribution in [3.05, 3.63) is 34.1 Å². The molecule has 1 aromatic rings. The molecule has 2 rings (SSSR count). The van der Waals surface area contributed by atoms with Gasteiger partial charge in [-0.25, -0.2) is 4.39 Å². The summed E-state index contributed by atoms with van der Waals surface area (Å²) in [6.07, 6.45) is 4.45. The van der Waals surface area contributed by atoms with E-state index in [0.29, 0.717) is 16.1 Å². The molecule has 0 saturated heterocycles. The zero-order chi connectivity index (χ0) is 12.4. The summed E-state index contributed by atoms with van der Waals surface area (Å²) in [6, 6.07) is 4.51. The highest BCUT2D eigenvalue weighted by molar-refractivity contribution is 9.10. The lowest BCUT2D eigenvalue weighted by molar-refractivity contribution is 0.0733. The van der Waals surface area contributed by atoms with Crippen molar-refractivity contribution in [1.82, 2.24) is 4.90 Å². The van der Waals surface area contributed by atoms with E-state index in [4.69, 9.17) is 0 Å². The molecule has 0 radical (unpaired) electrons. The maximum Gasteiger partial charge on any atom is 0.255 e. The van der Waals surface area contributed by atoms with Crippen LogP contribution < -0.4 is 0 Å². The Morgan fingerprint density at radius 3 is 2.71 bits per heavy atom. The van der Waals surface area contributed by atoms with Gasteiger partial charge in [0, 0.05) is 17.6 Å². The lowest BCUT2D eigenvalue weighted by Gasteiger charge is -2.24. The highest BCUT2D eigenvalue weighted by Crippen LogP contribution is 2.26. The smallest absolute Gasteiger partial charge is 0.255 e. The Morgan fingerprint density at radius 1 is 1.41 bits per heavy atom. The topological polar surface area (TPSA) is 20.3 Å². The van der Waals surface area contributed by atoms with Crippen LogP contribution in [0.3, 0.4) is 0 Å². The molecule has 1 fully saturated rings. The van der Waals surface area contributed by atoms with Gasteiger partial charge in [0.25, 0.3) is 5.91 Å². The fraction of sp³-hybridized carbons (Fsp3) is 0.462. The molecule has 2 nitrogen and oxygen atoms in total. The zero-order valence-corrected chi connectivity index (χ0v) is 11.3. The zero-order valence-electron chi connectivity index (χ0n) is 9.75. The predicted molar refractivity (Wildman–Crippen MR) is 68.4 cm³/mol. The van der Waals surface area contributed by atoms with Gasteiger partial charge in [0.2, 0.25) is 0 Å². The highest BCUT2D eigenvalue weighted by atomic mass is 79.9. The average molecular weight is 300 g/mol. The number of hydrogen-bond donors (Lipinski definition) is 0. The summed E-state index contributed by atoms with van der Waals surface area (Å²) in [7, 11) is 1.80. The number of hydrogen-bond acceptors (Lipinski definition) is 1. The minimum atomic E-state index is -0.378. The van der Waals surface area contributed by atoms with Crippen LogP contribution >= 0.6 is 15.9 Å². The number of benzene rings is 1. The third kappa shape index (κ3) is 2.68. The van der Waals surface area contributed by atoms with E-state index in [9.17, 15) is 9.18 Å². The molecule has 0 atom stereocenters. The monoisotopic (exact) mass is 299 g/mol. The van der Waals surface area contributed by atoms with Crippen molar-refractivity contribution in [3.63, 3.8) is 0 Å². The van der Waals surface area contributed by atoms with E-state index in [0.717, 1.165) is 12.8 Å². The summed E-state index contributed by atoms with van der Waals surface area (Å²) in [5.41, 5.74) is 0.402. The van der Waals surface area contributed by atoms with E-state index in [1.54, 1.807) is 18.0 Å². The number of amides is 1. The van der Waals surface area contributed by atoms with Crippen LogP contribution in [0.25, 0.3) is 0 Å². The predicted octanol–water partition coefficient (Wildman–Crippen LogP) is 3.60. The molecule has 0 bridgehead atoms. The molecule has 0 aromatic heterocycles. The van der Waals surface area contributed by atoms with Gasteiger partial charge in [-0.1, -0.05) is 12.8 Å². The first-order valence-corrected chi connectivity index (χ1v) is 6.61. The number of carbonyl (C=O) groups excluding carboxylic acids is 1. The molecular formula is C13H15BrFNO. The minimum absolute atomic E-state index is 0.108. The van der Waals surface area contributed by atoms with Crippen LogP contribution in [-0.4, -0.2) is 23.9 Å². The molecule has 0 N–H and O–H groups in total. The molecule has 0 unspecified atom stereocenters. The van der Waals surface area contributed by atoms with Crippen molar-refractivity contribution >= 4 is 21.8 Å². The summed E-state index contributed by atoms with van der Waals surface area (Å²) in [6.45, 7) is 0. The standard InChI is InChI=1S/C13H15BrFNO/c1-16(10-4-2-3-5-10)13(17)11-8-9(15)6-7-12(11)14/h6-8,10H,2-5H2,1H3. The molecule has 1 aliphatic carbocycles.